The van der Waals surface area contributed by atoms with Crippen molar-refractivity contribution < 1.29 is 9.59 Å². The van der Waals surface area contributed by atoms with Gasteiger partial charge < -0.3 is 9.80 Å². The van der Waals surface area contributed by atoms with Crippen molar-refractivity contribution in [2.75, 3.05) is 31.9 Å². The SMILES string of the molecule is Cc1cccc(SCC(=O)N2CCN(C=O)CC2)c1. The van der Waals surface area contributed by atoms with E-state index in [0.29, 0.717) is 31.9 Å². The van der Waals surface area contributed by atoms with E-state index < -0.39 is 0 Å². The molecule has 0 spiro atoms. The quantitative estimate of drug-likeness (QED) is 0.617. The van der Waals surface area contributed by atoms with Gasteiger partial charge in [-0.3, -0.25) is 9.59 Å². The molecule has 102 valence electrons. The van der Waals surface area contributed by atoms with Crippen molar-refractivity contribution in [3.8, 4) is 0 Å². The Balaban J connectivity index is 1.80. The second kappa shape index (κ2) is 6.61. The number of thioether (sulfide) groups is 1. The summed E-state index contributed by atoms with van der Waals surface area (Å²) in [5.41, 5.74) is 1.21. The number of carbonyl (C=O) groups excluding carboxylic acids is 2. The number of hydrogen-bond acceptors (Lipinski definition) is 3. The molecule has 0 aliphatic carbocycles. The van der Waals surface area contributed by atoms with E-state index in [9.17, 15) is 9.59 Å². The molecule has 0 atom stereocenters. The van der Waals surface area contributed by atoms with Gasteiger partial charge in [-0.25, -0.2) is 0 Å². The number of amides is 2. The third-order valence-corrected chi connectivity index (χ3v) is 4.15. The Morgan fingerprint density at radius 2 is 2.05 bits per heavy atom. The van der Waals surface area contributed by atoms with Crippen molar-refractivity contribution in [1.82, 2.24) is 9.80 Å². The van der Waals surface area contributed by atoms with E-state index >= 15 is 0 Å². The normalized spacial score (nSPS) is 15.4. The number of rotatable bonds is 4. The number of nitrogens with zero attached hydrogens (tertiary/aromatic N) is 2. The fraction of sp³-hybridized carbons (Fsp3) is 0.429. The molecule has 4 nitrogen and oxygen atoms in total. The van der Waals surface area contributed by atoms with Gasteiger partial charge in [-0.05, 0) is 19.1 Å². The lowest BCUT2D eigenvalue weighted by Gasteiger charge is -2.32. The van der Waals surface area contributed by atoms with Gasteiger partial charge in [0.05, 0.1) is 5.75 Å². The molecule has 1 aromatic carbocycles. The van der Waals surface area contributed by atoms with Crippen LogP contribution in [0.1, 0.15) is 5.56 Å². The largest absolute Gasteiger partial charge is 0.342 e. The van der Waals surface area contributed by atoms with Crippen LogP contribution < -0.4 is 0 Å². The average molecular weight is 278 g/mol. The minimum atomic E-state index is 0.150. The molecule has 0 unspecified atom stereocenters. The Labute approximate surface area is 117 Å². The van der Waals surface area contributed by atoms with Crippen LogP contribution in [0.2, 0.25) is 0 Å². The summed E-state index contributed by atoms with van der Waals surface area (Å²) in [5.74, 6) is 0.613. The number of benzene rings is 1. The second-order valence-corrected chi connectivity index (χ2v) is 5.68. The van der Waals surface area contributed by atoms with Crippen LogP contribution >= 0.6 is 11.8 Å². The Morgan fingerprint density at radius 1 is 1.32 bits per heavy atom. The third kappa shape index (κ3) is 3.99. The molecule has 0 N–H and O–H groups in total. The topological polar surface area (TPSA) is 40.6 Å². The minimum absolute atomic E-state index is 0.150. The standard InChI is InChI=1S/C14H18N2O2S/c1-12-3-2-4-13(9-12)19-10-14(18)16-7-5-15(11-17)6-8-16/h2-4,9,11H,5-8,10H2,1H3. The van der Waals surface area contributed by atoms with Crippen molar-refractivity contribution in [2.45, 2.75) is 11.8 Å². The fourth-order valence-corrected chi connectivity index (χ4v) is 2.93. The Hall–Kier alpha value is -1.49. The van der Waals surface area contributed by atoms with Crippen LogP contribution in [0, 0.1) is 6.92 Å². The monoisotopic (exact) mass is 278 g/mol. The molecule has 5 heteroatoms. The third-order valence-electron chi connectivity index (χ3n) is 3.17. The lowest BCUT2D eigenvalue weighted by Crippen LogP contribution is -2.48. The first kappa shape index (κ1) is 13.9. The van der Waals surface area contributed by atoms with Crippen LogP contribution in [0.4, 0.5) is 0 Å². The first-order chi connectivity index (χ1) is 9.19. The van der Waals surface area contributed by atoms with Crippen LogP contribution in [-0.2, 0) is 9.59 Å². The molecule has 0 radical (unpaired) electrons. The number of aryl methyl sites for hydroxylation is 1. The molecule has 1 aliphatic rings. The summed E-state index contributed by atoms with van der Waals surface area (Å²) in [4.78, 5) is 27.3. The van der Waals surface area contributed by atoms with Crippen molar-refractivity contribution in [3.05, 3.63) is 29.8 Å². The summed E-state index contributed by atoms with van der Waals surface area (Å²) in [7, 11) is 0. The molecule has 1 heterocycles. The smallest absolute Gasteiger partial charge is 0.233 e. The van der Waals surface area contributed by atoms with E-state index in [0.717, 1.165) is 11.3 Å². The molecule has 1 fully saturated rings. The summed E-state index contributed by atoms with van der Waals surface area (Å²) >= 11 is 1.57. The van der Waals surface area contributed by atoms with Crippen molar-refractivity contribution in [3.63, 3.8) is 0 Å². The molecule has 0 bridgehead atoms. The molecule has 1 saturated heterocycles. The number of piperazine rings is 1. The molecule has 0 saturated carbocycles. The predicted molar refractivity (Wildman–Crippen MR) is 76.1 cm³/mol. The van der Waals surface area contributed by atoms with Crippen molar-refractivity contribution in [1.29, 1.82) is 0 Å². The Morgan fingerprint density at radius 3 is 2.68 bits per heavy atom. The second-order valence-electron chi connectivity index (χ2n) is 4.63. The van der Waals surface area contributed by atoms with E-state index in [-0.39, 0.29) is 5.91 Å². The maximum Gasteiger partial charge on any atom is 0.233 e. The van der Waals surface area contributed by atoms with E-state index in [1.165, 1.54) is 5.56 Å². The van der Waals surface area contributed by atoms with Gasteiger partial charge in [0.2, 0.25) is 12.3 Å². The maximum atomic E-state index is 12.0. The van der Waals surface area contributed by atoms with Crippen LogP contribution in [0.15, 0.2) is 29.2 Å². The first-order valence-corrected chi connectivity index (χ1v) is 7.34. The number of hydrogen-bond donors (Lipinski definition) is 0. The van der Waals surface area contributed by atoms with Gasteiger partial charge in [0, 0.05) is 31.1 Å². The zero-order valence-corrected chi connectivity index (χ0v) is 11.9. The van der Waals surface area contributed by atoms with Gasteiger partial charge in [-0.1, -0.05) is 17.7 Å². The van der Waals surface area contributed by atoms with E-state index in [1.807, 2.05) is 30.0 Å². The van der Waals surface area contributed by atoms with Gasteiger partial charge in [-0.15, -0.1) is 11.8 Å². The average Bonchev–Trinajstić information content (AvgIpc) is 2.45. The molecule has 0 aromatic heterocycles. The summed E-state index contributed by atoms with van der Waals surface area (Å²) in [6.45, 7) is 4.62. The maximum absolute atomic E-state index is 12.0. The first-order valence-electron chi connectivity index (χ1n) is 6.35. The Bertz CT molecular complexity index is 457. The van der Waals surface area contributed by atoms with Gasteiger partial charge in [0.25, 0.3) is 0 Å². The van der Waals surface area contributed by atoms with Crippen LogP contribution in [-0.4, -0.2) is 54.0 Å². The highest BCUT2D eigenvalue weighted by molar-refractivity contribution is 8.00. The highest BCUT2D eigenvalue weighted by Crippen LogP contribution is 2.19. The molecule has 19 heavy (non-hydrogen) atoms. The predicted octanol–water partition coefficient (Wildman–Crippen LogP) is 1.39. The van der Waals surface area contributed by atoms with Crippen LogP contribution in [0.3, 0.4) is 0 Å². The van der Waals surface area contributed by atoms with Crippen LogP contribution in [0.5, 0.6) is 0 Å². The van der Waals surface area contributed by atoms with Gasteiger partial charge >= 0.3 is 0 Å². The van der Waals surface area contributed by atoms with Gasteiger partial charge in [-0.2, -0.15) is 0 Å². The van der Waals surface area contributed by atoms with E-state index in [2.05, 4.69) is 6.07 Å². The lowest BCUT2D eigenvalue weighted by molar-refractivity contribution is -0.132. The molecule has 2 rings (SSSR count). The summed E-state index contributed by atoms with van der Waals surface area (Å²) in [5, 5.41) is 0. The van der Waals surface area contributed by atoms with Gasteiger partial charge in [0.15, 0.2) is 0 Å². The molecule has 1 aliphatic heterocycles. The minimum Gasteiger partial charge on any atom is -0.342 e. The molecule has 2 amide bonds. The van der Waals surface area contributed by atoms with Crippen molar-refractivity contribution in [2.24, 2.45) is 0 Å². The summed E-state index contributed by atoms with van der Waals surface area (Å²) < 4.78 is 0. The highest BCUT2D eigenvalue weighted by atomic mass is 32.2. The molecule has 1 aromatic rings. The highest BCUT2D eigenvalue weighted by Gasteiger charge is 2.19. The van der Waals surface area contributed by atoms with E-state index in [4.69, 9.17) is 0 Å². The summed E-state index contributed by atoms with van der Waals surface area (Å²) in [6, 6.07) is 8.16. The fourth-order valence-electron chi connectivity index (χ4n) is 2.02. The Kier molecular flexibility index (Phi) is 4.85. The zero-order valence-electron chi connectivity index (χ0n) is 11.0. The van der Waals surface area contributed by atoms with E-state index in [1.54, 1.807) is 16.7 Å². The number of carbonyl (C=O) groups is 2. The summed E-state index contributed by atoms with van der Waals surface area (Å²) in [6.07, 6.45) is 0.851. The molecular weight excluding hydrogens is 260 g/mol. The van der Waals surface area contributed by atoms with Gasteiger partial charge in [0.1, 0.15) is 0 Å². The van der Waals surface area contributed by atoms with Crippen LogP contribution in [0.25, 0.3) is 0 Å². The zero-order chi connectivity index (χ0) is 13.7. The lowest BCUT2D eigenvalue weighted by atomic mass is 10.2. The molecular formula is C14H18N2O2S. The van der Waals surface area contributed by atoms with Crippen molar-refractivity contribution >= 4 is 24.1 Å².